The fourth-order valence-corrected chi connectivity index (χ4v) is 4.11. The Balaban J connectivity index is 1.64. The molecular formula is C23H20NS+. The van der Waals surface area contributed by atoms with Crippen LogP contribution in [-0.2, 0) is 6.42 Å². The lowest BCUT2D eigenvalue weighted by molar-refractivity contribution is 1.02. The van der Waals surface area contributed by atoms with Crippen LogP contribution in [0.5, 0.6) is 0 Å². The third-order valence-corrected chi connectivity index (χ3v) is 5.45. The largest absolute Gasteiger partial charge is 0.384 e. The van der Waals surface area contributed by atoms with Crippen molar-refractivity contribution in [3.05, 3.63) is 96.6 Å². The summed E-state index contributed by atoms with van der Waals surface area (Å²) < 4.78 is 1.31. The molecule has 0 bridgehead atoms. The third-order valence-electron chi connectivity index (χ3n) is 4.30. The molecule has 1 aromatic heterocycles. The number of nitrogens with one attached hydrogen (secondary N) is 1. The summed E-state index contributed by atoms with van der Waals surface area (Å²) in [5.74, 6) is 0. The van der Waals surface area contributed by atoms with Gasteiger partial charge in [0.1, 0.15) is 0 Å². The van der Waals surface area contributed by atoms with Crippen LogP contribution in [0.4, 0.5) is 5.69 Å². The molecule has 1 N–H and O–H groups in total. The van der Waals surface area contributed by atoms with Gasteiger partial charge in [-0.15, -0.1) is 0 Å². The Bertz CT molecular complexity index is 965. The smallest absolute Gasteiger partial charge is 0.240 e. The van der Waals surface area contributed by atoms with Gasteiger partial charge in [-0.1, -0.05) is 60.7 Å². The van der Waals surface area contributed by atoms with Crippen molar-refractivity contribution in [1.29, 1.82) is 0 Å². The van der Waals surface area contributed by atoms with Crippen molar-refractivity contribution in [2.24, 2.45) is 0 Å². The second-order valence-corrected chi connectivity index (χ2v) is 7.13. The predicted octanol–water partition coefficient (Wildman–Crippen LogP) is 6.50. The minimum atomic E-state index is 0.927. The molecule has 0 saturated carbocycles. The SMILES string of the molecule is c1ccc(CCNc2cc(-c3ccccc3)[s+]c3ccccc23)cc1. The molecule has 0 spiro atoms. The number of anilines is 1. The molecule has 122 valence electrons. The summed E-state index contributed by atoms with van der Waals surface area (Å²) in [5.41, 5.74) is 3.84. The lowest BCUT2D eigenvalue weighted by Gasteiger charge is -2.08. The first-order chi connectivity index (χ1) is 12.4. The molecule has 0 atom stereocenters. The first kappa shape index (κ1) is 15.8. The highest BCUT2D eigenvalue weighted by atomic mass is 32.1. The normalized spacial score (nSPS) is 10.7. The summed E-state index contributed by atoms with van der Waals surface area (Å²) in [6.07, 6.45) is 1.02. The van der Waals surface area contributed by atoms with E-state index in [-0.39, 0.29) is 0 Å². The van der Waals surface area contributed by atoms with Crippen molar-refractivity contribution in [2.45, 2.75) is 6.42 Å². The van der Waals surface area contributed by atoms with Crippen molar-refractivity contribution in [3.63, 3.8) is 0 Å². The maximum atomic E-state index is 3.65. The highest BCUT2D eigenvalue weighted by Gasteiger charge is 2.16. The quantitative estimate of drug-likeness (QED) is 0.408. The van der Waals surface area contributed by atoms with E-state index in [2.05, 4.69) is 96.3 Å². The lowest BCUT2D eigenvalue weighted by atomic mass is 10.1. The molecule has 1 heterocycles. The van der Waals surface area contributed by atoms with Gasteiger partial charge in [0, 0.05) is 24.2 Å². The van der Waals surface area contributed by atoms with Crippen molar-refractivity contribution < 1.29 is 0 Å². The number of hydrogen-bond donors (Lipinski definition) is 1. The van der Waals surface area contributed by atoms with Crippen LogP contribution in [0.15, 0.2) is 91.0 Å². The average molecular weight is 342 g/mol. The molecular weight excluding hydrogens is 322 g/mol. The Morgan fingerprint density at radius 3 is 2.20 bits per heavy atom. The minimum absolute atomic E-state index is 0.927. The van der Waals surface area contributed by atoms with Crippen LogP contribution in [0.3, 0.4) is 0 Å². The first-order valence-corrected chi connectivity index (χ1v) is 9.41. The molecule has 0 aliphatic carbocycles. The molecule has 25 heavy (non-hydrogen) atoms. The van der Waals surface area contributed by atoms with E-state index >= 15 is 0 Å². The van der Waals surface area contributed by atoms with Crippen LogP contribution in [0.1, 0.15) is 5.56 Å². The molecule has 0 saturated heterocycles. The number of rotatable bonds is 5. The predicted molar refractivity (Wildman–Crippen MR) is 110 cm³/mol. The molecule has 0 aliphatic heterocycles. The Morgan fingerprint density at radius 1 is 0.720 bits per heavy atom. The zero-order valence-electron chi connectivity index (χ0n) is 14.0. The molecule has 0 aliphatic rings. The number of hydrogen-bond acceptors (Lipinski definition) is 1. The Hall–Kier alpha value is -2.71. The number of benzene rings is 3. The first-order valence-electron chi connectivity index (χ1n) is 8.59. The molecule has 4 rings (SSSR count). The molecule has 0 radical (unpaired) electrons. The van der Waals surface area contributed by atoms with Crippen LogP contribution in [0, 0.1) is 0 Å². The highest BCUT2D eigenvalue weighted by Crippen LogP contribution is 2.35. The van der Waals surface area contributed by atoms with Crippen molar-refractivity contribution in [3.8, 4) is 10.4 Å². The van der Waals surface area contributed by atoms with Crippen molar-refractivity contribution in [1.82, 2.24) is 0 Å². The van der Waals surface area contributed by atoms with E-state index in [9.17, 15) is 0 Å². The second-order valence-electron chi connectivity index (χ2n) is 6.05. The van der Waals surface area contributed by atoms with E-state index in [4.69, 9.17) is 0 Å². The lowest BCUT2D eigenvalue weighted by Crippen LogP contribution is -2.05. The highest BCUT2D eigenvalue weighted by molar-refractivity contribution is 7.21. The van der Waals surface area contributed by atoms with Gasteiger partial charge in [0.05, 0.1) is 11.1 Å². The molecule has 0 amide bonds. The molecule has 2 heteroatoms. The van der Waals surface area contributed by atoms with E-state index in [0.29, 0.717) is 0 Å². The Kier molecular flexibility index (Phi) is 4.71. The maximum absolute atomic E-state index is 3.65. The summed E-state index contributed by atoms with van der Waals surface area (Å²) in [6, 6.07) is 32.1. The molecule has 1 nitrogen and oxygen atoms in total. The fourth-order valence-electron chi connectivity index (χ4n) is 3.01. The van der Waals surface area contributed by atoms with Gasteiger partial charge in [-0.05, 0) is 30.2 Å². The van der Waals surface area contributed by atoms with E-state index in [1.165, 1.54) is 31.8 Å². The van der Waals surface area contributed by atoms with Crippen molar-refractivity contribution in [2.75, 3.05) is 11.9 Å². The van der Waals surface area contributed by atoms with E-state index in [1.54, 1.807) is 0 Å². The van der Waals surface area contributed by atoms with Crippen molar-refractivity contribution >= 4 is 27.1 Å². The van der Waals surface area contributed by atoms with Crippen LogP contribution >= 0.6 is 11.3 Å². The van der Waals surface area contributed by atoms with Gasteiger partial charge in [-0.25, -0.2) is 0 Å². The van der Waals surface area contributed by atoms with Gasteiger partial charge in [-0.3, -0.25) is 0 Å². The fraction of sp³-hybridized carbons (Fsp3) is 0.0870. The van der Waals surface area contributed by atoms with Gasteiger partial charge >= 0.3 is 0 Å². The Labute approximate surface area is 152 Å². The van der Waals surface area contributed by atoms with Gasteiger partial charge in [-0.2, -0.15) is 0 Å². The standard InChI is InChI=1S/C23H20NS/c1-3-9-18(10-4-1)15-16-24-21-17-23(19-11-5-2-6-12-19)25-22-14-8-7-13-20(21)22/h1-14,17,24H,15-16H2/q+1. The topological polar surface area (TPSA) is 12.0 Å². The Morgan fingerprint density at radius 2 is 1.40 bits per heavy atom. The molecule has 0 fully saturated rings. The molecule has 3 aromatic carbocycles. The van der Waals surface area contributed by atoms with E-state index in [0.717, 1.165) is 13.0 Å². The molecule has 4 aromatic rings. The van der Waals surface area contributed by atoms with Crippen LogP contribution in [-0.4, -0.2) is 6.54 Å². The summed E-state index contributed by atoms with van der Waals surface area (Å²) in [5, 5.41) is 4.94. The van der Waals surface area contributed by atoms with E-state index in [1.807, 2.05) is 11.3 Å². The summed E-state index contributed by atoms with van der Waals surface area (Å²) >= 11 is 1.84. The summed E-state index contributed by atoms with van der Waals surface area (Å²) in [7, 11) is 0. The monoisotopic (exact) mass is 342 g/mol. The molecule has 0 unspecified atom stereocenters. The number of fused-ring (bicyclic) bond motifs is 1. The van der Waals surface area contributed by atoms with Gasteiger partial charge in [0.25, 0.3) is 0 Å². The van der Waals surface area contributed by atoms with E-state index < -0.39 is 0 Å². The summed E-state index contributed by atoms with van der Waals surface area (Å²) in [6.45, 7) is 0.927. The maximum Gasteiger partial charge on any atom is 0.240 e. The second kappa shape index (κ2) is 7.45. The van der Waals surface area contributed by atoms with Gasteiger partial charge in [0.15, 0.2) is 0 Å². The van der Waals surface area contributed by atoms with Crippen LogP contribution in [0.2, 0.25) is 0 Å². The minimum Gasteiger partial charge on any atom is -0.384 e. The average Bonchev–Trinajstić information content (AvgIpc) is 2.69. The van der Waals surface area contributed by atoms with Gasteiger partial charge < -0.3 is 5.32 Å². The van der Waals surface area contributed by atoms with Crippen LogP contribution < -0.4 is 5.32 Å². The summed E-state index contributed by atoms with van der Waals surface area (Å²) in [4.78, 5) is 1.29. The van der Waals surface area contributed by atoms with Gasteiger partial charge in [0.2, 0.25) is 20.9 Å². The zero-order valence-corrected chi connectivity index (χ0v) is 14.8. The zero-order chi connectivity index (χ0) is 16.9. The van der Waals surface area contributed by atoms with Crippen LogP contribution in [0.25, 0.3) is 20.5 Å². The third kappa shape index (κ3) is 3.70.